The van der Waals surface area contributed by atoms with E-state index >= 15 is 0 Å². The molecule has 2 fully saturated rings. The van der Waals surface area contributed by atoms with Crippen molar-refractivity contribution >= 4 is 82.9 Å². The monoisotopic (exact) mass is 1050 g/mol. The molecule has 2 aliphatic carbocycles. The minimum atomic E-state index is -0.742. The van der Waals surface area contributed by atoms with E-state index in [0.29, 0.717) is 83.1 Å². The van der Waals surface area contributed by atoms with Crippen LogP contribution in [0.1, 0.15) is 85.4 Å². The lowest BCUT2D eigenvalue weighted by atomic mass is 9.82. The predicted octanol–water partition coefficient (Wildman–Crippen LogP) is 7.74. The number of carbonyl (C=O) groups excluding carboxylic acids is 9. The number of carbonyl (C=O) groups is 9. The van der Waals surface area contributed by atoms with Gasteiger partial charge in [-0.1, -0.05) is 43.6 Å². The van der Waals surface area contributed by atoms with E-state index in [1.165, 1.54) is 89.2 Å². The highest BCUT2D eigenvalue weighted by Gasteiger charge is 2.38. The molecule has 2 saturated carbocycles. The zero-order valence-corrected chi connectivity index (χ0v) is 42.1. The third-order valence-electron chi connectivity index (χ3n) is 12.3. The summed E-state index contributed by atoms with van der Waals surface area (Å²) in [7, 11) is 1.55. The standard InChI is InChI=1S/C53H52N2O17S2/c1-5-38-43(46(58)55(4)54-38)53-73-44-39(71-51(63)34-16-20-36(21-17-34)69-49(61)32-12-8-30(9-13-32)47(59)67-28-26-65-41(56)6-2)24-25-40(45(44)74-53)72-52(64)35-18-22-37(23-19-35)70-50(62)33-14-10-31(11-15-33)48(60)68-29-27-66-42(57)7-3/h6-7,16-25,30-33H,2-3,5,8-15,26-29H2,1,4H3. The Hall–Kier alpha value is -7.52. The molecule has 2 heterocycles. The first-order chi connectivity index (χ1) is 35.6. The number of likely N-dealkylation sites (N-methyl/N-ethyl adjacent to an activating group) is 1. The van der Waals surface area contributed by atoms with Crippen LogP contribution in [0.5, 0.6) is 23.0 Å². The molecule has 0 radical (unpaired) electrons. The molecule has 0 saturated heterocycles. The first-order valence-corrected chi connectivity index (χ1v) is 25.4. The fourth-order valence-corrected chi connectivity index (χ4v) is 11.0. The number of amides is 1. The van der Waals surface area contributed by atoms with Crippen LogP contribution in [0.4, 0.5) is 0 Å². The van der Waals surface area contributed by atoms with E-state index in [1.807, 2.05) is 6.92 Å². The summed E-state index contributed by atoms with van der Waals surface area (Å²) in [6.45, 7) is 8.15. The molecule has 388 valence electrons. The van der Waals surface area contributed by atoms with Gasteiger partial charge in [-0.2, -0.15) is 5.10 Å². The summed E-state index contributed by atoms with van der Waals surface area (Å²) >= 11 is 2.34. The van der Waals surface area contributed by atoms with E-state index in [0.717, 1.165) is 12.2 Å². The summed E-state index contributed by atoms with van der Waals surface area (Å²) in [5, 5.41) is 5.62. The summed E-state index contributed by atoms with van der Waals surface area (Å²) < 4.78 is 43.6. The average Bonchev–Trinajstić information content (AvgIpc) is 3.99. The quantitative estimate of drug-likeness (QED) is 0.0366. The van der Waals surface area contributed by atoms with Gasteiger partial charge in [0.15, 0.2) is 0 Å². The summed E-state index contributed by atoms with van der Waals surface area (Å²) in [6, 6.07) is 14.6. The van der Waals surface area contributed by atoms with Gasteiger partial charge in [0.2, 0.25) is 0 Å². The summed E-state index contributed by atoms with van der Waals surface area (Å²) in [5.74, 6) is -5.85. The topological polar surface area (TPSA) is 243 Å². The van der Waals surface area contributed by atoms with E-state index in [9.17, 15) is 43.2 Å². The number of hydrazone groups is 1. The SMILES string of the molecule is C=CC(=O)OCCOC(=O)C1CCC(C(=O)Oc2ccc(C(=O)Oc3ccc(OC(=O)c4ccc(OC(=O)C5CCC(C(=O)OCCOC(=O)C=C)CC5)cc4)c4c3SC(=C3C(=O)N(C)N=C3CC)S4)cc2)CC1. The maximum absolute atomic E-state index is 13.6. The van der Waals surface area contributed by atoms with Crippen molar-refractivity contribution in [2.24, 2.45) is 28.8 Å². The van der Waals surface area contributed by atoms with Crippen LogP contribution in [0.25, 0.3) is 0 Å². The van der Waals surface area contributed by atoms with Crippen LogP contribution < -0.4 is 18.9 Å². The van der Waals surface area contributed by atoms with Crippen LogP contribution in [-0.2, 0) is 52.5 Å². The lowest BCUT2D eigenvalue weighted by Crippen LogP contribution is -2.30. The van der Waals surface area contributed by atoms with Gasteiger partial charge >= 0.3 is 47.8 Å². The number of nitrogens with zero attached hydrogens (tertiary/aromatic N) is 2. The number of ether oxygens (including phenoxy) is 8. The molecule has 74 heavy (non-hydrogen) atoms. The number of thioether (sulfide) groups is 2. The van der Waals surface area contributed by atoms with Crippen LogP contribution in [0.2, 0.25) is 0 Å². The number of benzene rings is 3. The minimum Gasteiger partial charge on any atom is -0.462 e. The highest BCUT2D eigenvalue weighted by molar-refractivity contribution is 8.25. The molecule has 7 rings (SSSR count). The molecule has 19 nitrogen and oxygen atoms in total. The average molecular weight is 1050 g/mol. The number of fused-ring (bicyclic) bond motifs is 1. The van der Waals surface area contributed by atoms with Gasteiger partial charge in [-0.15, -0.1) is 0 Å². The van der Waals surface area contributed by atoms with Crippen molar-refractivity contribution in [3.8, 4) is 23.0 Å². The fourth-order valence-electron chi connectivity index (χ4n) is 8.29. The maximum atomic E-state index is 13.6. The highest BCUT2D eigenvalue weighted by Crippen LogP contribution is 2.59. The first-order valence-electron chi connectivity index (χ1n) is 23.8. The van der Waals surface area contributed by atoms with Crippen LogP contribution >= 0.6 is 23.5 Å². The Morgan fingerprint density at radius 1 is 0.554 bits per heavy atom. The van der Waals surface area contributed by atoms with E-state index in [-0.39, 0.29) is 66.5 Å². The normalized spacial score (nSPS) is 19.0. The second kappa shape index (κ2) is 25.4. The van der Waals surface area contributed by atoms with Crippen molar-refractivity contribution in [1.29, 1.82) is 0 Å². The maximum Gasteiger partial charge on any atom is 0.343 e. The summed E-state index contributed by atoms with van der Waals surface area (Å²) in [4.78, 5) is 115. The van der Waals surface area contributed by atoms with Gasteiger partial charge in [-0.25, -0.2) is 24.2 Å². The fraction of sp³-hybridized carbons (Fsp3) is 0.358. The predicted molar refractivity (Wildman–Crippen MR) is 265 cm³/mol. The first kappa shape index (κ1) is 54.3. The van der Waals surface area contributed by atoms with Gasteiger partial charge in [0.1, 0.15) is 49.4 Å². The third-order valence-corrected chi connectivity index (χ3v) is 14.9. The van der Waals surface area contributed by atoms with Gasteiger partial charge in [0.05, 0.1) is 60.1 Å². The number of hydrogen-bond acceptors (Lipinski definition) is 20. The lowest BCUT2D eigenvalue weighted by molar-refractivity contribution is -0.155. The molecule has 3 aromatic carbocycles. The van der Waals surface area contributed by atoms with Gasteiger partial charge in [-0.05, 0) is 118 Å². The molecular formula is C53H52N2O17S2. The molecule has 0 atom stereocenters. The Morgan fingerprint density at radius 2 is 0.919 bits per heavy atom. The van der Waals surface area contributed by atoms with Crippen LogP contribution in [0, 0.1) is 23.7 Å². The Balaban J connectivity index is 0.949. The van der Waals surface area contributed by atoms with Crippen molar-refractivity contribution in [1.82, 2.24) is 5.01 Å². The van der Waals surface area contributed by atoms with Gasteiger partial charge in [0.25, 0.3) is 5.91 Å². The number of rotatable bonds is 19. The smallest absolute Gasteiger partial charge is 0.343 e. The van der Waals surface area contributed by atoms with Gasteiger partial charge in [-0.3, -0.25) is 24.0 Å². The van der Waals surface area contributed by atoms with Crippen molar-refractivity contribution in [3.05, 3.63) is 107 Å². The van der Waals surface area contributed by atoms with Crippen LogP contribution in [0.3, 0.4) is 0 Å². The van der Waals surface area contributed by atoms with Crippen molar-refractivity contribution in [2.45, 2.75) is 74.5 Å². The molecule has 21 heteroatoms. The van der Waals surface area contributed by atoms with E-state index in [2.05, 4.69) is 18.3 Å². The largest absolute Gasteiger partial charge is 0.462 e. The molecule has 0 aromatic heterocycles. The van der Waals surface area contributed by atoms with Crippen molar-refractivity contribution in [2.75, 3.05) is 33.5 Å². The van der Waals surface area contributed by atoms with Crippen LogP contribution in [0.15, 0.2) is 111 Å². The minimum absolute atomic E-state index is 0.0811. The molecule has 0 N–H and O–H groups in total. The van der Waals surface area contributed by atoms with Crippen molar-refractivity contribution in [3.63, 3.8) is 0 Å². The number of hydrogen-bond donors (Lipinski definition) is 0. The molecule has 0 spiro atoms. The Bertz CT molecular complexity index is 2610. The second-order valence-corrected chi connectivity index (χ2v) is 19.5. The Kier molecular flexibility index (Phi) is 18.6. The summed E-state index contributed by atoms with van der Waals surface area (Å²) in [5.41, 5.74) is 1.20. The summed E-state index contributed by atoms with van der Waals surface area (Å²) in [6.07, 6.45) is 5.80. The number of esters is 8. The molecule has 1 amide bonds. The Morgan fingerprint density at radius 3 is 1.28 bits per heavy atom. The Labute approximate surface area is 433 Å². The zero-order valence-electron chi connectivity index (χ0n) is 40.5. The van der Waals surface area contributed by atoms with E-state index in [1.54, 1.807) is 7.05 Å². The van der Waals surface area contributed by atoms with Crippen molar-refractivity contribution < 1.29 is 81.0 Å². The highest BCUT2D eigenvalue weighted by atomic mass is 32.2. The van der Waals surface area contributed by atoms with E-state index in [4.69, 9.17) is 37.9 Å². The van der Waals surface area contributed by atoms with E-state index < -0.39 is 71.4 Å². The second-order valence-electron chi connectivity index (χ2n) is 17.2. The zero-order chi connectivity index (χ0) is 52.9. The molecule has 0 unspecified atom stereocenters. The molecule has 0 bridgehead atoms. The lowest BCUT2D eigenvalue weighted by Gasteiger charge is -2.25. The van der Waals surface area contributed by atoms with Crippen LogP contribution in [-0.4, -0.2) is 97.9 Å². The molecule has 3 aromatic rings. The molecule has 4 aliphatic rings. The molecular weight excluding hydrogens is 1000 g/mol. The van der Waals surface area contributed by atoms with Gasteiger partial charge < -0.3 is 37.9 Å². The van der Waals surface area contributed by atoms with Gasteiger partial charge in [0, 0.05) is 19.2 Å². The molecule has 2 aliphatic heterocycles. The third kappa shape index (κ3) is 13.7.